The average Bonchev–Trinajstić information content (AvgIpc) is 2.78. The van der Waals surface area contributed by atoms with Crippen LogP contribution < -0.4 is 4.72 Å². The molecule has 1 aromatic rings. The van der Waals surface area contributed by atoms with Gasteiger partial charge in [-0.1, -0.05) is 0 Å². The van der Waals surface area contributed by atoms with Gasteiger partial charge in [-0.25, -0.2) is 17.5 Å². The van der Waals surface area contributed by atoms with E-state index >= 15 is 0 Å². The van der Waals surface area contributed by atoms with Crippen molar-refractivity contribution >= 4 is 26.0 Å². The average molecular weight is 352 g/mol. The first-order valence-electron chi connectivity index (χ1n) is 5.91. The van der Waals surface area contributed by atoms with Crippen LogP contribution in [0.4, 0.5) is 4.39 Å². The van der Waals surface area contributed by atoms with Gasteiger partial charge in [0.15, 0.2) is 0 Å². The number of nitrogens with one attached hydrogen (secondary N) is 1. The Morgan fingerprint density at radius 1 is 1.53 bits per heavy atom. The van der Waals surface area contributed by atoms with Crippen molar-refractivity contribution < 1.29 is 17.5 Å². The lowest BCUT2D eigenvalue weighted by molar-refractivity contribution is 0.0250. The van der Waals surface area contributed by atoms with Gasteiger partial charge in [-0.15, -0.1) is 0 Å². The highest BCUT2D eigenvalue weighted by atomic mass is 79.9. The topological polar surface area (TPSA) is 55.4 Å². The number of halogens is 2. The van der Waals surface area contributed by atoms with Gasteiger partial charge in [0.25, 0.3) is 0 Å². The molecule has 7 heteroatoms. The van der Waals surface area contributed by atoms with Gasteiger partial charge < -0.3 is 4.74 Å². The fourth-order valence-corrected chi connectivity index (χ4v) is 3.37. The summed E-state index contributed by atoms with van der Waals surface area (Å²) in [6, 6.07) is 3.72. The van der Waals surface area contributed by atoms with Gasteiger partial charge in [-0.05, 0) is 53.9 Å². The van der Waals surface area contributed by atoms with Crippen LogP contribution in [0.25, 0.3) is 0 Å². The summed E-state index contributed by atoms with van der Waals surface area (Å²) >= 11 is 2.99. The highest BCUT2D eigenvalue weighted by Gasteiger charge is 2.31. The van der Waals surface area contributed by atoms with Crippen LogP contribution in [-0.4, -0.2) is 27.2 Å². The van der Waals surface area contributed by atoms with E-state index in [0.717, 1.165) is 18.9 Å². The van der Waals surface area contributed by atoms with Gasteiger partial charge in [0.2, 0.25) is 10.0 Å². The van der Waals surface area contributed by atoms with Gasteiger partial charge in [-0.2, -0.15) is 0 Å². The van der Waals surface area contributed by atoms with E-state index in [1.807, 2.05) is 6.92 Å². The summed E-state index contributed by atoms with van der Waals surface area (Å²) in [7, 11) is -3.72. The van der Waals surface area contributed by atoms with Gasteiger partial charge >= 0.3 is 0 Å². The second-order valence-corrected chi connectivity index (χ2v) is 7.42. The molecule has 1 aliphatic heterocycles. The molecule has 1 heterocycles. The molecule has 1 unspecified atom stereocenters. The Labute approximate surface area is 120 Å². The zero-order valence-electron chi connectivity index (χ0n) is 10.4. The third kappa shape index (κ3) is 3.53. The molecule has 0 spiro atoms. The number of benzene rings is 1. The monoisotopic (exact) mass is 351 g/mol. The van der Waals surface area contributed by atoms with Gasteiger partial charge in [-0.3, -0.25) is 0 Å². The summed E-state index contributed by atoms with van der Waals surface area (Å²) in [6.07, 6.45) is 1.73. The molecular weight excluding hydrogens is 337 g/mol. The van der Waals surface area contributed by atoms with Crippen molar-refractivity contribution in [1.82, 2.24) is 4.72 Å². The molecule has 1 fully saturated rings. The molecule has 2 rings (SSSR count). The van der Waals surface area contributed by atoms with E-state index in [4.69, 9.17) is 4.74 Å². The zero-order valence-corrected chi connectivity index (χ0v) is 12.9. The smallest absolute Gasteiger partial charge is 0.240 e. The highest BCUT2D eigenvalue weighted by molar-refractivity contribution is 9.10. The second kappa shape index (κ2) is 5.47. The molecule has 1 atom stereocenters. The Morgan fingerprint density at radius 2 is 2.26 bits per heavy atom. The molecule has 1 aliphatic rings. The Balaban J connectivity index is 2.11. The maximum absolute atomic E-state index is 13.4. The molecule has 19 heavy (non-hydrogen) atoms. The largest absolute Gasteiger partial charge is 0.374 e. The van der Waals surface area contributed by atoms with Crippen LogP contribution in [0.2, 0.25) is 0 Å². The summed E-state index contributed by atoms with van der Waals surface area (Å²) in [6.45, 7) is 2.70. The predicted octanol–water partition coefficient (Wildman–Crippen LogP) is 2.44. The summed E-state index contributed by atoms with van der Waals surface area (Å²) < 4.78 is 45.7. The van der Waals surface area contributed by atoms with Crippen molar-refractivity contribution in [2.24, 2.45) is 0 Å². The van der Waals surface area contributed by atoms with E-state index in [1.54, 1.807) is 0 Å². The van der Waals surface area contributed by atoms with Crippen LogP contribution in [0.3, 0.4) is 0 Å². The molecule has 0 aliphatic carbocycles. The lowest BCUT2D eigenvalue weighted by atomic mass is 10.0. The molecule has 0 amide bonds. The third-order valence-electron chi connectivity index (χ3n) is 3.14. The number of hydrogen-bond acceptors (Lipinski definition) is 3. The lowest BCUT2D eigenvalue weighted by Crippen LogP contribution is -2.40. The molecule has 0 aromatic heterocycles. The maximum Gasteiger partial charge on any atom is 0.240 e. The van der Waals surface area contributed by atoms with E-state index in [2.05, 4.69) is 20.7 Å². The normalized spacial score (nSPS) is 23.7. The van der Waals surface area contributed by atoms with E-state index in [-0.39, 0.29) is 15.9 Å². The fourth-order valence-electron chi connectivity index (χ4n) is 1.95. The minimum Gasteiger partial charge on any atom is -0.374 e. The third-order valence-corrected chi connectivity index (χ3v) is 5.18. The molecule has 4 nitrogen and oxygen atoms in total. The highest BCUT2D eigenvalue weighted by Crippen LogP contribution is 2.25. The van der Waals surface area contributed by atoms with Gasteiger partial charge in [0.05, 0.1) is 15.0 Å². The first-order chi connectivity index (χ1) is 8.82. The summed E-state index contributed by atoms with van der Waals surface area (Å²) in [5, 5.41) is 0. The summed E-state index contributed by atoms with van der Waals surface area (Å²) in [5.41, 5.74) is -0.471. The molecule has 0 radical (unpaired) electrons. The SMILES string of the molecule is CC1(CNS(=O)(=O)c2ccc(Br)c(F)c2)CCCO1. The molecule has 1 aromatic carbocycles. The molecular formula is C12H15BrFNO3S. The Morgan fingerprint density at radius 3 is 2.84 bits per heavy atom. The number of hydrogen-bond donors (Lipinski definition) is 1. The lowest BCUT2D eigenvalue weighted by Gasteiger charge is -2.23. The Bertz CT molecular complexity index is 570. The minimum atomic E-state index is -3.72. The van der Waals surface area contributed by atoms with Crippen LogP contribution in [0.1, 0.15) is 19.8 Å². The van der Waals surface area contributed by atoms with Crippen molar-refractivity contribution in [2.45, 2.75) is 30.3 Å². The summed E-state index contributed by atoms with van der Waals surface area (Å²) in [4.78, 5) is -0.0882. The van der Waals surface area contributed by atoms with E-state index in [1.165, 1.54) is 12.1 Å². The standard InChI is InChI=1S/C12H15BrFNO3S/c1-12(5-2-6-18-12)8-15-19(16,17)9-3-4-10(13)11(14)7-9/h3-4,7,15H,2,5-6,8H2,1H3. The van der Waals surface area contributed by atoms with E-state index < -0.39 is 21.4 Å². The molecule has 106 valence electrons. The first kappa shape index (κ1) is 14.9. The van der Waals surface area contributed by atoms with Gasteiger partial charge in [0, 0.05) is 13.2 Å². The van der Waals surface area contributed by atoms with Crippen LogP contribution in [0, 0.1) is 5.82 Å². The second-order valence-electron chi connectivity index (χ2n) is 4.80. The van der Waals surface area contributed by atoms with E-state index in [0.29, 0.717) is 6.61 Å². The van der Waals surface area contributed by atoms with Crippen molar-refractivity contribution in [3.8, 4) is 0 Å². The van der Waals surface area contributed by atoms with Crippen molar-refractivity contribution in [2.75, 3.05) is 13.2 Å². The Kier molecular flexibility index (Phi) is 4.29. The van der Waals surface area contributed by atoms with Crippen molar-refractivity contribution in [1.29, 1.82) is 0 Å². The Hall–Kier alpha value is -0.500. The van der Waals surface area contributed by atoms with Crippen molar-refractivity contribution in [3.05, 3.63) is 28.5 Å². The zero-order chi connectivity index (χ0) is 14.1. The molecule has 0 bridgehead atoms. The van der Waals surface area contributed by atoms with Crippen LogP contribution in [-0.2, 0) is 14.8 Å². The van der Waals surface area contributed by atoms with Crippen LogP contribution in [0.5, 0.6) is 0 Å². The quantitative estimate of drug-likeness (QED) is 0.906. The molecule has 1 N–H and O–H groups in total. The van der Waals surface area contributed by atoms with E-state index in [9.17, 15) is 12.8 Å². The predicted molar refractivity (Wildman–Crippen MR) is 72.9 cm³/mol. The molecule has 0 saturated carbocycles. The van der Waals surface area contributed by atoms with Gasteiger partial charge in [0.1, 0.15) is 5.82 Å². The number of ether oxygens (including phenoxy) is 1. The number of sulfonamides is 1. The number of rotatable bonds is 4. The molecule has 1 saturated heterocycles. The van der Waals surface area contributed by atoms with Crippen molar-refractivity contribution in [3.63, 3.8) is 0 Å². The first-order valence-corrected chi connectivity index (χ1v) is 8.19. The minimum absolute atomic E-state index is 0.0882. The van der Waals surface area contributed by atoms with Crippen LogP contribution in [0.15, 0.2) is 27.6 Å². The van der Waals surface area contributed by atoms with Crippen LogP contribution >= 0.6 is 15.9 Å². The summed E-state index contributed by atoms with van der Waals surface area (Å²) in [5.74, 6) is -0.605. The maximum atomic E-state index is 13.4. The fraction of sp³-hybridized carbons (Fsp3) is 0.500.